The van der Waals surface area contributed by atoms with Gasteiger partial charge in [0.25, 0.3) is 0 Å². The zero-order valence-electron chi connectivity index (χ0n) is 13.6. The van der Waals surface area contributed by atoms with Gasteiger partial charge in [0, 0.05) is 26.2 Å². The summed E-state index contributed by atoms with van der Waals surface area (Å²) < 4.78 is 40.6. The molecule has 2 heterocycles. The van der Waals surface area contributed by atoms with Crippen molar-refractivity contribution in [1.29, 1.82) is 0 Å². The fourth-order valence-corrected chi connectivity index (χ4v) is 2.90. The van der Waals surface area contributed by atoms with Crippen molar-refractivity contribution < 1.29 is 17.9 Å². The molecule has 1 aromatic heterocycles. The Bertz CT molecular complexity index is 729. The molecular formula is C17H17ClF3N3O. The number of aromatic nitrogens is 1. The summed E-state index contributed by atoms with van der Waals surface area (Å²) in [5, 5.41) is 0.349. The molecule has 1 aliphatic heterocycles. The molecular weight excluding hydrogens is 355 g/mol. The average Bonchev–Trinajstić information content (AvgIpc) is 2.54. The van der Waals surface area contributed by atoms with Gasteiger partial charge in [0.1, 0.15) is 16.7 Å². The van der Waals surface area contributed by atoms with E-state index in [0.717, 1.165) is 43.1 Å². The number of alkyl halides is 3. The van der Waals surface area contributed by atoms with Gasteiger partial charge in [-0.15, -0.1) is 13.2 Å². The molecule has 0 amide bonds. The summed E-state index contributed by atoms with van der Waals surface area (Å²) in [5.74, 6) is 0.516. The normalized spacial score (nSPS) is 16.1. The highest BCUT2D eigenvalue weighted by molar-refractivity contribution is 6.29. The first-order chi connectivity index (χ1) is 11.8. The maximum absolute atomic E-state index is 12.2. The molecule has 1 aromatic carbocycles. The van der Waals surface area contributed by atoms with Crippen molar-refractivity contribution in [2.45, 2.75) is 6.36 Å². The van der Waals surface area contributed by atoms with E-state index in [9.17, 15) is 13.2 Å². The van der Waals surface area contributed by atoms with Gasteiger partial charge >= 0.3 is 6.36 Å². The van der Waals surface area contributed by atoms with Crippen LogP contribution < -0.4 is 9.64 Å². The highest BCUT2D eigenvalue weighted by atomic mass is 35.5. The molecule has 0 bridgehead atoms. The lowest BCUT2D eigenvalue weighted by atomic mass is 10.1. The molecule has 0 radical (unpaired) electrons. The van der Waals surface area contributed by atoms with E-state index in [1.165, 1.54) is 12.1 Å². The summed E-state index contributed by atoms with van der Waals surface area (Å²) >= 11 is 6.14. The Kier molecular flexibility index (Phi) is 5.06. The van der Waals surface area contributed by atoms with Crippen LogP contribution in [-0.2, 0) is 0 Å². The lowest BCUT2D eigenvalue weighted by Crippen LogP contribution is -2.44. The third-order valence-corrected chi connectivity index (χ3v) is 4.22. The predicted molar refractivity (Wildman–Crippen MR) is 91.1 cm³/mol. The van der Waals surface area contributed by atoms with Crippen LogP contribution in [0.15, 0.2) is 36.4 Å². The third-order valence-electron chi connectivity index (χ3n) is 4.03. The molecule has 25 heavy (non-hydrogen) atoms. The van der Waals surface area contributed by atoms with Crippen LogP contribution in [0.25, 0.3) is 11.1 Å². The summed E-state index contributed by atoms with van der Waals surface area (Å²) in [5.41, 5.74) is 1.54. The molecule has 3 rings (SSSR count). The Hall–Kier alpha value is -1.99. The Morgan fingerprint density at radius 1 is 1.00 bits per heavy atom. The van der Waals surface area contributed by atoms with Crippen LogP contribution in [-0.4, -0.2) is 49.5 Å². The standard InChI is InChI=1S/C17H17ClF3N3O/c1-23-6-8-24(9-7-23)16-11-13(10-15(18)22-16)12-2-4-14(5-3-12)25-17(19,20)21/h2-5,10-11H,6-9H2,1H3. The Morgan fingerprint density at radius 3 is 2.24 bits per heavy atom. The minimum absolute atomic E-state index is 0.254. The van der Waals surface area contributed by atoms with Crippen LogP contribution >= 0.6 is 11.6 Å². The van der Waals surface area contributed by atoms with Gasteiger partial charge in [0.05, 0.1) is 0 Å². The topological polar surface area (TPSA) is 28.6 Å². The van der Waals surface area contributed by atoms with Gasteiger partial charge in [-0.1, -0.05) is 23.7 Å². The largest absolute Gasteiger partial charge is 0.573 e. The minimum Gasteiger partial charge on any atom is -0.406 e. The number of nitrogens with zero attached hydrogens (tertiary/aromatic N) is 3. The van der Waals surface area contributed by atoms with Crippen molar-refractivity contribution in [2.75, 3.05) is 38.1 Å². The number of pyridine rings is 1. The second kappa shape index (κ2) is 7.09. The summed E-state index contributed by atoms with van der Waals surface area (Å²) in [7, 11) is 2.07. The zero-order chi connectivity index (χ0) is 18.0. The van der Waals surface area contributed by atoms with Crippen LogP contribution in [0.4, 0.5) is 19.0 Å². The Labute approximate surface area is 148 Å². The molecule has 0 spiro atoms. The van der Waals surface area contributed by atoms with Crippen molar-refractivity contribution in [2.24, 2.45) is 0 Å². The van der Waals surface area contributed by atoms with Crippen molar-refractivity contribution in [3.63, 3.8) is 0 Å². The Balaban J connectivity index is 1.82. The Morgan fingerprint density at radius 2 is 1.64 bits per heavy atom. The lowest BCUT2D eigenvalue weighted by molar-refractivity contribution is -0.274. The van der Waals surface area contributed by atoms with Crippen LogP contribution in [0.1, 0.15) is 0 Å². The van der Waals surface area contributed by atoms with E-state index < -0.39 is 6.36 Å². The van der Waals surface area contributed by atoms with Gasteiger partial charge < -0.3 is 14.5 Å². The van der Waals surface area contributed by atoms with E-state index in [2.05, 4.69) is 26.6 Å². The smallest absolute Gasteiger partial charge is 0.406 e. The summed E-state index contributed by atoms with van der Waals surface area (Å²) in [4.78, 5) is 8.76. The van der Waals surface area contributed by atoms with Gasteiger partial charge in [0.15, 0.2) is 0 Å². The van der Waals surface area contributed by atoms with Gasteiger partial charge in [-0.05, 0) is 42.4 Å². The quantitative estimate of drug-likeness (QED) is 0.761. The first-order valence-corrected chi connectivity index (χ1v) is 8.15. The molecule has 1 aliphatic rings. The number of benzene rings is 1. The van der Waals surface area contributed by atoms with Crippen LogP contribution in [0.3, 0.4) is 0 Å². The fraction of sp³-hybridized carbons (Fsp3) is 0.353. The predicted octanol–water partition coefficient (Wildman–Crippen LogP) is 4.05. The number of rotatable bonds is 3. The monoisotopic (exact) mass is 371 g/mol. The molecule has 134 valence electrons. The minimum atomic E-state index is -4.70. The van der Waals surface area contributed by atoms with Gasteiger partial charge in [-0.25, -0.2) is 4.98 Å². The molecule has 1 saturated heterocycles. The highest BCUT2D eigenvalue weighted by Gasteiger charge is 2.31. The molecule has 4 nitrogen and oxygen atoms in total. The third kappa shape index (κ3) is 4.76. The van der Waals surface area contributed by atoms with Crippen molar-refractivity contribution >= 4 is 17.4 Å². The van der Waals surface area contributed by atoms with E-state index in [0.29, 0.717) is 5.15 Å². The van der Waals surface area contributed by atoms with E-state index in [-0.39, 0.29) is 5.75 Å². The molecule has 0 aliphatic carbocycles. The van der Waals surface area contributed by atoms with E-state index in [1.54, 1.807) is 18.2 Å². The van der Waals surface area contributed by atoms with Crippen LogP contribution in [0.5, 0.6) is 5.75 Å². The number of ether oxygens (including phenoxy) is 1. The highest BCUT2D eigenvalue weighted by Crippen LogP contribution is 2.30. The maximum Gasteiger partial charge on any atom is 0.573 e. The lowest BCUT2D eigenvalue weighted by Gasteiger charge is -2.33. The molecule has 2 aromatic rings. The van der Waals surface area contributed by atoms with Crippen molar-refractivity contribution in [3.8, 4) is 16.9 Å². The van der Waals surface area contributed by atoms with E-state index in [4.69, 9.17) is 11.6 Å². The zero-order valence-corrected chi connectivity index (χ0v) is 14.3. The van der Waals surface area contributed by atoms with Crippen molar-refractivity contribution in [1.82, 2.24) is 9.88 Å². The van der Waals surface area contributed by atoms with Crippen LogP contribution in [0.2, 0.25) is 5.15 Å². The van der Waals surface area contributed by atoms with Crippen LogP contribution in [0, 0.1) is 0 Å². The second-order valence-electron chi connectivity index (χ2n) is 5.90. The van der Waals surface area contributed by atoms with Crippen molar-refractivity contribution in [3.05, 3.63) is 41.6 Å². The van der Waals surface area contributed by atoms with Gasteiger partial charge in [0.2, 0.25) is 0 Å². The number of piperazine rings is 1. The number of anilines is 1. The number of likely N-dealkylation sites (N-methyl/N-ethyl adjacent to an activating group) is 1. The summed E-state index contributed by atoms with van der Waals surface area (Å²) in [6.45, 7) is 3.57. The molecule has 0 saturated carbocycles. The molecule has 8 heteroatoms. The number of hydrogen-bond acceptors (Lipinski definition) is 4. The SMILES string of the molecule is CN1CCN(c2cc(-c3ccc(OC(F)(F)F)cc3)cc(Cl)n2)CC1. The summed E-state index contributed by atoms with van der Waals surface area (Å²) in [6.07, 6.45) is -4.70. The molecule has 0 N–H and O–H groups in total. The average molecular weight is 372 g/mol. The van der Waals surface area contributed by atoms with Gasteiger partial charge in [-0.2, -0.15) is 0 Å². The van der Waals surface area contributed by atoms with E-state index >= 15 is 0 Å². The molecule has 0 atom stereocenters. The fourth-order valence-electron chi connectivity index (χ4n) is 2.70. The van der Waals surface area contributed by atoms with Gasteiger partial charge in [-0.3, -0.25) is 0 Å². The first-order valence-electron chi connectivity index (χ1n) is 7.77. The number of hydrogen-bond donors (Lipinski definition) is 0. The van der Waals surface area contributed by atoms with E-state index in [1.807, 2.05) is 6.07 Å². The number of halogens is 4. The maximum atomic E-state index is 12.2. The first kappa shape index (κ1) is 17.8. The molecule has 1 fully saturated rings. The second-order valence-corrected chi connectivity index (χ2v) is 6.29. The molecule has 0 unspecified atom stereocenters. The summed E-state index contributed by atoms with van der Waals surface area (Å²) in [6, 6.07) is 9.30.